The summed E-state index contributed by atoms with van der Waals surface area (Å²) in [5, 5.41) is 0. The molecule has 0 bridgehead atoms. The molecular weight excluding hydrogens is 244 g/mol. The van der Waals surface area contributed by atoms with Crippen molar-refractivity contribution in [2.75, 3.05) is 26.3 Å². The molecule has 6 nitrogen and oxygen atoms in total. The average Bonchev–Trinajstić information content (AvgIpc) is 2.34. The average molecular weight is 272 g/mol. The van der Waals surface area contributed by atoms with Gasteiger partial charge >= 0.3 is 0 Å². The van der Waals surface area contributed by atoms with Crippen LogP contribution in [0.3, 0.4) is 0 Å². The third-order valence-corrected chi connectivity index (χ3v) is 1.91. The highest BCUT2D eigenvalue weighted by Gasteiger charge is 2.04. The van der Waals surface area contributed by atoms with Crippen LogP contribution in [0, 0.1) is 12.3 Å². The third-order valence-electron chi connectivity index (χ3n) is 1.91. The summed E-state index contributed by atoms with van der Waals surface area (Å²) < 4.78 is 10.8. The first-order valence-corrected chi connectivity index (χ1v) is 6.72. The Labute approximate surface area is 116 Å². The topological polar surface area (TPSA) is 66.6 Å². The van der Waals surface area contributed by atoms with E-state index in [4.69, 9.17) is 15.9 Å². The van der Waals surface area contributed by atoms with Gasteiger partial charge in [-0.1, -0.05) is 0 Å². The standard InChI is InChI=1S/C13H28N4O2/c1-6-13(18-9-7-14-16-11(2)3)19-10-8-15-17-12(4)5/h1,11-17H,7-10H2,2-5H3. The fourth-order valence-corrected chi connectivity index (χ4v) is 1.13. The summed E-state index contributed by atoms with van der Waals surface area (Å²) in [6.45, 7) is 10.6. The molecule has 0 heterocycles. The van der Waals surface area contributed by atoms with Gasteiger partial charge in [-0.3, -0.25) is 21.7 Å². The fraction of sp³-hybridized carbons (Fsp3) is 0.846. The lowest BCUT2D eigenvalue weighted by molar-refractivity contribution is -0.103. The highest BCUT2D eigenvalue weighted by atomic mass is 16.7. The van der Waals surface area contributed by atoms with Crippen molar-refractivity contribution in [2.45, 2.75) is 46.1 Å². The maximum atomic E-state index is 5.39. The van der Waals surface area contributed by atoms with Crippen molar-refractivity contribution in [3.63, 3.8) is 0 Å². The van der Waals surface area contributed by atoms with E-state index in [1.165, 1.54) is 0 Å². The lowest BCUT2D eigenvalue weighted by atomic mass is 10.4. The molecule has 0 atom stereocenters. The Kier molecular flexibility index (Phi) is 11.9. The van der Waals surface area contributed by atoms with Crippen molar-refractivity contribution in [2.24, 2.45) is 0 Å². The molecule has 0 aliphatic rings. The predicted molar refractivity (Wildman–Crippen MR) is 77.1 cm³/mol. The summed E-state index contributed by atoms with van der Waals surface area (Å²) in [5.41, 5.74) is 12.2. The molecular formula is C13H28N4O2. The van der Waals surface area contributed by atoms with Crippen LogP contribution in [0.4, 0.5) is 0 Å². The maximum absolute atomic E-state index is 5.39. The molecule has 0 aromatic rings. The highest BCUT2D eigenvalue weighted by molar-refractivity contribution is 4.89. The first-order valence-electron chi connectivity index (χ1n) is 6.72. The summed E-state index contributed by atoms with van der Waals surface area (Å²) in [7, 11) is 0. The number of hydrazine groups is 2. The predicted octanol–water partition coefficient (Wildman–Crippen LogP) is -0.0159. The van der Waals surface area contributed by atoms with Crippen molar-refractivity contribution in [1.82, 2.24) is 21.7 Å². The van der Waals surface area contributed by atoms with Crippen molar-refractivity contribution >= 4 is 0 Å². The van der Waals surface area contributed by atoms with E-state index in [1.54, 1.807) is 0 Å². The normalized spacial score (nSPS) is 11.5. The zero-order valence-electron chi connectivity index (χ0n) is 12.5. The molecule has 0 rings (SSSR count). The minimum atomic E-state index is -0.596. The van der Waals surface area contributed by atoms with Gasteiger partial charge in [0.15, 0.2) is 0 Å². The Hall–Kier alpha value is -0.680. The second-order valence-corrected chi connectivity index (χ2v) is 4.69. The van der Waals surface area contributed by atoms with Crippen molar-refractivity contribution in [1.29, 1.82) is 0 Å². The summed E-state index contributed by atoms with van der Waals surface area (Å²) in [5.74, 6) is 2.46. The summed E-state index contributed by atoms with van der Waals surface area (Å²) in [4.78, 5) is 0. The van der Waals surface area contributed by atoms with E-state index in [0.717, 1.165) is 0 Å². The van der Waals surface area contributed by atoms with Crippen LogP contribution < -0.4 is 21.7 Å². The van der Waals surface area contributed by atoms with Gasteiger partial charge in [0.1, 0.15) is 0 Å². The van der Waals surface area contributed by atoms with Gasteiger partial charge in [0.2, 0.25) is 6.29 Å². The molecule has 0 radical (unpaired) electrons. The van der Waals surface area contributed by atoms with E-state index in [-0.39, 0.29) is 0 Å². The lowest BCUT2D eigenvalue weighted by Gasteiger charge is -2.15. The molecule has 0 saturated carbocycles. The Morgan fingerprint density at radius 3 is 1.63 bits per heavy atom. The van der Waals surface area contributed by atoms with Crippen LogP contribution in [-0.4, -0.2) is 44.7 Å². The molecule has 0 saturated heterocycles. The van der Waals surface area contributed by atoms with Crippen molar-refractivity contribution < 1.29 is 9.47 Å². The number of ether oxygens (including phenoxy) is 2. The molecule has 0 aromatic heterocycles. The van der Waals surface area contributed by atoms with Crippen molar-refractivity contribution in [3.05, 3.63) is 0 Å². The van der Waals surface area contributed by atoms with Gasteiger partial charge in [-0.2, -0.15) is 0 Å². The van der Waals surface area contributed by atoms with Gasteiger partial charge in [0.05, 0.1) is 13.2 Å². The lowest BCUT2D eigenvalue weighted by Crippen LogP contribution is -2.40. The van der Waals surface area contributed by atoms with E-state index >= 15 is 0 Å². The minimum Gasteiger partial charge on any atom is -0.341 e. The smallest absolute Gasteiger partial charge is 0.222 e. The monoisotopic (exact) mass is 272 g/mol. The van der Waals surface area contributed by atoms with Gasteiger partial charge in [-0.25, -0.2) is 0 Å². The molecule has 0 fully saturated rings. The highest BCUT2D eigenvalue weighted by Crippen LogP contribution is 1.91. The van der Waals surface area contributed by atoms with Crippen LogP contribution >= 0.6 is 0 Å². The maximum Gasteiger partial charge on any atom is 0.222 e. The summed E-state index contributed by atoms with van der Waals surface area (Å²) >= 11 is 0. The Morgan fingerprint density at radius 1 is 0.895 bits per heavy atom. The zero-order valence-corrected chi connectivity index (χ0v) is 12.5. The van der Waals surface area contributed by atoms with E-state index in [0.29, 0.717) is 38.4 Å². The van der Waals surface area contributed by atoms with Gasteiger partial charge in [0.25, 0.3) is 0 Å². The second kappa shape index (κ2) is 12.4. The van der Waals surface area contributed by atoms with Crippen molar-refractivity contribution in [3.8, 4) is 12.3 Å². The zero-order chi connectivity index (χ0) is 14.5. The number of rotatable bonds is 12. The van der Waals surface area contributed by atoms with E-state index < -0.39 is 6.29 Å². The number of hydrogen-bond donors (Lipinski definition) is 4. The first kappa shape index (κ1) is 18.3. The van der Waals surface area contributed by atoms with Gasteiger partial charge in [0, 0.05) is 25.2 Å². The molecule has 0 unspecified atom stereocenters. The Morgan fingerprint density at radius 2 is 1.32 bits per heavy atom. The molecule has 6 heteroatoms. The van der Waals surface area contributed by atoms with Crippen LogP contribution in [0.25, 0.3) is 0 Å². The van der Waals surface area contributed by atoms with Crippen LogP contribution in [0.2, 0.25) is 0 Å². The van der Waals surface area contributed by atoms with E-state index in [1.807, 2.05) is 0 Å². The van der Waals surface area contributed by atoms with E-state index in [9.17, 15) is 0 Å². The molecule has 0 aliphatic heterocycles. The molecule has 0 aromatic carbocycles. The van der Waals surface area contributed by atoms with Crippen LogP contribution in [-0.2, 0) is 9.47 Å². The van der Waals surface area contributed by atoms with Crippen LogP contribution in [0.5, 0.6) is 0 Å². The molecule has 0 aliphatic carbocycles. The third kappa shape index (κ3) is 13.6. The number of hydrogen-bond acceptors (Lipinski definition) is 6. The molecule has 112 valence electrons. The fourth-order valence-electron chi connectivity index (χ4n) is 1.13. The number of terminal acetylenes is 1. The Bertz CT molecular complexity index is 223. The van der Waals surface area contributed by atoms with Gasteiger partial charge in [-0.05, 0) is 33.6 Å². The largest absolute Gasteiger partial charge is 0.341 e. The summed E-state index contributed by atoms with van der Waals surface area (Å²) in [6.07, 6.45) is 4.73. The van der Waals surface area contributed by atoms with E-state index in [2.05, 4.69) is 55.3 Å². The second-order valence-electron chi connectivity index (χ2n) is 4.69. The number of nitrogens with one attached hydrogen (secondary N) is 4. The minimum absolute atomic E-state index is 0.388. The molecule has 4 N–H and O–H groups in total. The molecule has 0 amide bonds. The van der Waals surface area contributed by atoms with Gasteiger partial charge < -0.3 is 9.47 Å². The SMILES string of the molecule is C#CC(OCCNNC(C)C)OCCNNC(C)C. The molecule has 0 spiro atoms. The van der Waals surface area contributed by atoms with Gasteiger partial charge in [-0.15, -0.1) is 6.42 Å². The first-order chi connectivity index (χ1) is 9.06. The quantitative estimate of drug-likeness (QED) is 0.173. The van der Waals surface area contributed by atoms with Crippen LogP contribution in [0.15, 0.2) is 0 Å². The van der Waals surface area contributed by atoms with Crippen LogP contribution in [0.1, 0.15) is 27.7 Å². The Balaban J connectivity index is 3.43. The summed E-state index contributed by atoms with van der Waals surface area (Å²) in [6, 6.07) is 0.776. The molecule has 19 heavy (non-hydrogen) atoms.